The van der Waals surface area contributed by atoms with Crippen molar-refractivity contribution in [2.45, 2.75) is 45.9 Å². The fourth-order valence-electron chi connectivity index (χ4n) is 1.81. The van der Waals surface area contributed by atoms with Gasteiger partial charge in [-0.3, -0.25) is 0 Å². The zero-order valence-electron chi connectivity index (χ0n) is 12.9. The Kier molecular flexibility index (Phi) is 8.38. The molecule has 0 heterocycles. The molecule has 0 fully saturated rings. The molecule has 0 amide bonds. The third kappa shape index (κ3) is 6.84. The second-order valence-electron chi connectivity index (χ2n) is 5.36. The second-order valence-corrected chi connectivity index (χ2v) is 6.22. The number of halogens is 1. The fraction of sp³-hybridized carbons (Fsp3) is 0.625. The third-order valence-electron chi connectivity index (χ3n) is 2.82. The van der Waals surface area contributed by atoms with Gasteiger partial charge in [0.25, 0.3) is 0 Å². The van der Waals surface area contributed by atoms with Crippen molar-refractivity contribution in [3.05, 3.63) is 34.3 Å². The topological polar surface area (TPSA) is 30.5 Å². The van der Waals surface area contributed by atoms with Crippen LogP contribution in [0.25, 0.3) is 0 Å². The van der Waals surface area contributed by atoms with Crippen LogP contribution in [0.4, 0.5) is 0 Å². The molecule has 0 spiro atoms. The minimum atomic E-state index is 0.0312. The SMILES string of the molecule is CC(C)NCC(OCCOC(C)C)c1ccccc1Br. The summed E-state index contributed by atoms with van der Waals surface area (Å²) in [7, 11) is 0. The molecule has 0 aliphatic rings. The maximum atomic E-state index is 5.99. The van der Waals surface area contributed by atoms with Gasteiger partial charge in [-0.05, 0) is 25.5 Å². The van der Waals surface area contributed by atoms with Gasteiger partial charge in [0.05, 0.1) is 25.4 Å². The van der Waals surface area contributed by atoms with Gasteiger partial charge in [-0.15, -0.1) is 0 Å². The summed E-state index contributed by atoms with van der Waals surface area (Å²) in [5.74, 6) is 0. The Balaban J connectivity index is 2.58. The Morgan fingerprint density at radius 2 is 1.70 bits per heavy atom. The van der Waals surface area contributed by atoms with Gasteiger partial charge < -0.3 is 14.8 Å². The second kappa shape index (κ2) is 9.50. The zero-order chi connectivity index (χ0) is 15.0. The first kappa shape index (κ1) is 17.6. The molecule has 3 nitrogen and oxygen atoms in total. The van der Waals surface area contributed by atoms with Gasteiger partial charge in [-0.2, -0.15) is 0 Å². The summed E-state index contributed by atoms with van der Waals surface area (Å²) < 4.78 is 12.6. The van der Waals surface area contributed by atoms with Crippen molar-refractivity contribution < 1.29 is 9.47 Å². The van der Waals surface area contributed by atoms with E-state index in [1.54, 1.807) is 0 Å². The monoisotopic (exact) mass is 343 g/mol. The van der Waals surface area contributed by atoms with E-state index >= 15 is 0 Å². The van der Waals surface area contributed by atoms with Crippen LogP contribution in [0, 0.1) is 0 Å². The van der Waals surface area contributed by atoms with Gasteiger partial charge in [-0.25, -0.2) is 0 Å². The minimum absolute atomic E-state index is 0.0312. The first-order chi connectivity index (χ1) is 9.50. The summed E-state index contributed by atoms with van der Waals surface area (Å²) in [6.45, 7) is 10.4. The number of hydrogen-bond acceptors (Lipinski definition) is 3. The van der Waals surface area contributed by atoms with Crippen molar-refractivity contribution in [2.75, 3.05) is 19.8 Å². The lowest BCUT2D eigenvalue weighted by Crippen LogP contribution is -2.30. The maximum absolute atomic E-state index is 5.99. The van der Waals surface area contributed by atoms with Crippen molar-refractivity contribution in [2.24, 2.45) is 0 Å². The molecular weight excluding hydrogens is 318 g/mol. The van der Waals surface area contributed by atoms with E-state index in [2.05, 4.69) is 41.2 Å². The van der Waals surface area contributed by atoms with Crippen molar-refractivity contribution in [3.8, 4) is 0 Å². The van der Waals surface area contributed by atoms with Crippen LogP contribution in [0.15, 0.2) is 28.7 Å². The van der Waals surface area contributed by atoms with E-state index in [0.717, 1.165) is 11.0 Å². The van der Waals surface area contributed by atoms with E-state index in [1.807, 2.05) is 32.0 Å². The molecule has 1 aromatic rings. The third-order valence-corrected chi connectivity index (χ3v) is 3.54. The van der Waals surface area contributed by atoms with Crippen LogP contribution in [0.2, 0.25) is 0 Å². The van der Waals surface area contributed by atoms with Crippen LogP contribution < -0.4 is 5.32 Å². The highest BCUT2D eigenvalue weighted by atomic mass is 79.9. The van der Waals surface area contributed by atoms with Crippen LogP contribution in [0.3, 0.4) is 0 Å². The molecule has 1 aromatic carbocycles. The highest BCUT2D eigenvalue weighted by Crippen LogP contribution is 2.25. The predicted octanol–water partition coefficient (Wildman–Crippen LogP) is 3.93. The first-order valence-corrected chi connectivity index (χ1v) is 8.01. The number of hydrogen-bond donors (Lipinski definition) is 1. The van der Waals surface area contributed by atoms with E-state index in [-0.39, 0.29) is 12.2 Å². The van der Waals surface area contributed by atoms with Gasteiger partial charge in [0.2, 0.25) is 0 Å². The molecule has 0 aliphatic heterocycles. The summed E-state index contributed by atoms with van der Waals surface area (Å²) in [5, 5.41) is 3.43. The number of ether oxygens (including phenoxy) is 2. The molecule has 4 heteroatoms. The van der Waals surface area contributed by atoms with Crippen molar-refractivity contribution >= 4 is 15.9 Å². The Hall–Kier alpha value is -0.420. The lowest BCUT2D eigenvalue weighted by Gasteiger charge is -2.22. The van der Waals surface area contributed by atoms with Crippen LogP contribution >= 0.6 is 15.9 Å². The molecule has 0 aromatic heterocycles. The number of benzene rings is 1. The van der Waals surface area contributed by atoms with E-state index < -0.39 is 0 Å². The Labute approximate surface area is 131 Å². The van der Waals surface area contributed by atoms with Gasteiger partial charge >= 0.3 is 0 Å². The Morgan fingerprint density at radius 1 is 1.05 bits per heavy atom. The molecule has 1 rings (SSSR count). The molecule has 0 bridgehead atoms. The van der Waals surface area contributed by atoms with E-state index in [4.69, 9.17) is 9.47 Å². The molecule has 0 saturated heterocycles. The molecule has 114 valence electrons. The number of nitrogens with one attached hydrogen (secondary N) is 1. The molecule has 1 unspecified atom stereocenters. The molecule has 0 saturated carbocycles. The molecule has 20 heavy (non-hydrogen) atoms. The smallest absolute Gasteiger partial charge is 0.0961 e. The standard InChI is InChI=1S/C16H26BrNO2/c1-12(2)18-11-16(20-10-9-19-13(3)4)14-7-5-6-8-15(14)17/h5-8,12-13,16,18H,9-11H2,1-4H3. The Morgan fingerprint density at radius 3 is 2.30 bits per heavy atom. The van der Waals surface area contributed by atoms with Crippen LogP contribution in [-0.2, 0) is 9.47 Å². The van der Waals surface area contributed by atoms with Crippen LogP contribution in [0.5, 0.6) is 0 Å². The Bertz CT molecular complexity index is 382. The lowest BCUT2D eigenvalue weighted by atomic mass is 10.1. The quantitative estimate of drug-likeness (QED) is 0.689. The van der Waals surface area contributed by atoms with Crippen LogP contribution in [0.1, 0.15) is 39.4 Å². The van der Waals surface area contributed by atoms with Gasteiger partial charge in [-0.1, -0.05) is 48.0 Å². The highest BCUT2D eigenvalue weighted by molar-refractivity contribution is 9.10. The summed E-state index contributed by atoms with van der Waals surface area (Å²) >= 11 is 3.60. The molecule has 1 N–H and O–H groups in total. The summed E-state index contributed by atoms with van der Waals surface area (Å²) in [5.41, 5.74) is 1.17. The largest absolute Gasteiger partial charge is 0.376 e. The van der Waals surface area contributed by atoms with E-state index in [1.165, 1.54) is 5.56 Å². The minimum Gasteiger partial charge on any atom is -0.376 e. The van der Waals surface area contributed by atoms with Gasteiger partial charge in [0.1, 0.15) is 0 Å². The first-order valence-electron chi connectivity index (χ1n) is 7.21. The molecule has 0 aliphatic carbocycles. The highest BCUT2D eigenvalue weighted by Gasteiger charge is 2.15. The van der Waals surface area contributed by atoms with Crippen molar-refractivity contribution in [3.63, 3.8) is 0 Å². The predicted molar refractivity (Wildman–Crippen MR) is 87.1 cm³/mol. The zero-order valence-corrected chi connectivity index (χ0v) is 14.4. The van der Waals surface area contributed by atoms with Gasteiger partial charge in [0.15, 0.2) is 0 Å². The average molecular weight is 344 g/mol. The van der Waals surface area contributed by atoms with Gasteiger partial charge in [0, 0.05) is 17.1 Å². The summed E-state index contributed by atoms with van der Waals surface area (Å²) in [4.78, 5) is 0. The molecule has 1 atom stereocenters. The van der Waals surface area contributed by atoms with Crippen molar-refractivity contribution in [1.29, 1.82) is 0 Å². The van der Waals surface area contributed by atoms with Crippen molar-refractivity contribution in [1.82, 2.24) is 5.32 Å². The fourth-order valence-corrected chi connectivity index (χ4v) is 2.35. The summed E-state index contributed by atoms with van der Waals surface area (Å²) in [6, 6.07) is 8.64. The lowest BCUT2D eigenvalue weighted by molar-refractivity contribution is -0.0137. The number of rotatable bonds is 9. The normalized spacial score (nSPS) is 13.2. The van der Waals surface area contributed by atoms with Crippen LogP contribution in [-0.4, -0.2) is 31.9 Å². The van der Waals surface area contributed by atoms with E-state index in [9.17, 15) is 0 Å². The molecular formula is C16H26BrNO2. The average Bonchev–Trinajstić information content (AvgIpc) is 2.38. The summed E-state index contributed by atoms with van der Waals surface area (Å²) in [6.07, 6.45) is 0.276. The van der Waals surface area contributed by atoms with E-state index in [0.29, 0.717) is 19.3 Å². The maximum Gasteiger partial charge on any atom is 0.0961 e. The molecule has 0 radical (unpaired) electrons.